The van der Waals surface area contributed by atoms with Crippen LogP contribution in [0.15, 0.2) is 77.6 Å². The van der Waals surface area contributed by atoms with E-state index in [9.17, 15) is 4.79 Å². The molecule has 1 aromatic heterocycles. The maximum Gasteiger partial charge on any atom is 0.265 e. The Labute approximate surface area is 162 Å². The Balaban J connectivity index is 1.90. The first-order valence-electron chi connectivity index (χ1n) is 8.98. The Kier molecular flexibility index (Phi) is 4.81. The highest BCUT2D eigenvalue weighted by Gasteiger charge is 2.14. The summed E-state index contributed by atoms with van der Waals surface area (Å²) in [6.07, 6.45) is 0.481. The number of benzene rings is 3. The van der Waals surface area contributed by atoms with E-state index in [-0.39, 0.29) is 5.56 Å². The minimum absolute atomic E-state index is 0.0766. The molecule has 0 saturated carbocycles. The summed E-state index contributed by atoms with van der Waals surface area (Å²) in [5.74, 6) is 1.98. The van der Waals surface area contributed by atoms with Gasteiger partial charge in [-0.3, -0.25) is 9.36 Å². The van der Waals surface area contributed by atoms with Crippen LogP contribution in [-0.4, -0.2) is 23.8 Å². The van der Waals surface area contributed by atoms with Gasteiger partial charge in [-0.15, -0.1) is 0 Å². The van der Waals surface area contributed by atoms with Gasteiger partial charge in [0.15, 0.2) is 11.5 Å². The monoisotopic (exact) mass is 372 g/mol. The Morgan fingerprint density at radius 3 is 2.32 bits per heavy atom. The van der Waals surface area contributed by atoms with Crippen molar-refractivity contribution in [3.05, 3.63) is 94.5 Å². The minimum atomic E-state index is -0.0766. The van der Waals surface area contributed by atoms with Crippen LogP contribution in [0, 0.1) is 0 Å². The summed E-state index contributed by atoms with van der Waals surface area (Å²) in [7, 11) is 3.21. The molecule has 0 radical (unpaired) electrons. The van der Waals surface area contributed by atoms with E-state index in [1.165, 1.54) is 0 Å². The van der Waals surface area contributed by atoms with Gasteiger partial charge in [-0.1, -0.05) is 36.4 Å². The molecule has 3 aromatic carbocycles. The Hall–Kier alpha value is -3.60. The van der Waals surface area contributed by atoms with Crippen molar-refractivity contribution in [2.45, 2.75) is 6.42 Å². The summed E-state index contributed by atoms with van der Waals surface area (Å²) < 4.78 is 12.4. The van der Waals surface area contributed by atoms with Crippen LogP contribution in [0.2, 0.25) is 0 Å². The third-order valence-corrected chi connectivity index (χ3v) is 4.67. The molecule has 4 rings (SSSR count). The van der Waals surface area contributed by atoms with Crippen LogP contribution in [0.4, 0.5) is 0 Å². The minimum Gasteiger partial charge on any atom is -0.493 e. The number of hydrogen-bond donors (Lipinski definition) is 0. The van der Waals surface area contributed by atoms with E-state index in [4.69, 9.17) is 14.5 Å². The SMILES string of the molecule is COc1ccc(Cc2nc3ccccc3c(=O)n2-c2ccccc2)cc1OC. The molecular formula is C23H20N2O3. The standard InChI is InChI=1S/C23H20N2O3/c1-27-20-13-12-16(14-21(20)28-2)15-22-24-19-11-7-6-10-18(19)23(26)25(22)17-8-4-3-5-9-17/h3-14H,15H2,1-2H3. The van der Waals surface area contributed by atoms with Crippen molar-refractivity contribution in [2.24, 2.45) is 0 Å². The lowest BCUT2D eigenvalue weighted by Crippen LogP contribution is -2.24. The lowest BCUT2D eigenvalue weighted by atomic mass is 10.1. The molecule has 0 spiro atoms. The van der Waals surface area contributed by atoms with E-state index in [2.05, 4.69) is 0 Å². The van der Waals surface area contributed by atoms with Crippen LogP contribution in [0.25, 0.3) is 16.6 Å². The molecule has 0 saturated heterocycles. The van der Waals surface area contributed by atoms with Gasteiger partial charge in [0.2, 0.25) is 0 Å². The molecule has 5 nitrogen and oxygen atoms in total. The quantitative estimate of drug-likeness (QED) is 0.531. The fourth-order valence-corrected chi connectivity index (χ4v) is 3.31. The molecule has 0 aliphatic carbocycles. The third kappa shape index (κ3) is 3.22. The Bertz CT molecular complexity index is 1180. The summed E-state index contributed by atoms with van der Waals surface area (Å²) in [6.45, 7) is 0. The van der Waals surface area contributed by atoms with Crippen molar-refractivity contribution < 1.29 is 9.47 Å². The van der Waals surface area contributed by atoms with Gasteiger partial charge in [0.05, 0.1) is 30.8 Å². The zero-order valence-corrected chi connectivity index (χ0v) is 15.8. The maximum atomic E-state index is 13.2. The van der Waals surface area contributed by atoms with Gasteiger partial charge in [0, 0.05) is 6.42 Å². The van der Waals surface area contributed by atoms with Crippen LogP contribution >= 0.6 is 0 Å². The first kappa shape index (κ1) is 17.8. The zero-order valence-electron chi connectivity index (χ0n) is 15.8. The second-order valence-electron chi connectivity index (χ2n) is 6.39. The number of rotatable bonds is 5. The predicted molar refractivity (Wildman–Crippen MR) is 110 cm³/mol. The van der Waals surface area contributed by atoms with Gasteiger partial charge in [0.25, 0.3) is 5.56 Å². The van der Waals surface area contributed by atoms with E-state index in [1.54, 1.807) is 18.8 Å². The third-order valence-electron chi connectivity index (χ3n) is 4.67. The first-order chi connectivity index (χ1) is 13.7. The average molecular weight is 372 g/mol. The molecule has 140 valence electrons. The van der Waals surface area contributed by atoms with Crippen molar-refractivity contribution in [1.82, 2.24) is 9.55 Å². The molecule has 0 unspecified atom stereocenters. The van der Waals surface area contributed by atoms with E-state index >= 15 is 0 Å². The van der Waals surface area contributed by atoms with Crippen LogP contribution in [0.5, 0.6) is 11.5 Å². The van der Waals surface area contributed by atoms with Gasteiger partial charge < -0.3 is 9.47 Å². The van der Waals surface area contributed by atoms with Gasteiger partial charge >= 0.3 is 0 Å². The molecule has 0 atom stereocenters. The largest absolute Gasteiger partial charge is 0.493 e. The summed E-state index contributed by atoms with van der Waals surface area (Å²) in [4.78, 5) is 18.0. The highest BCUT2D eigenvalue weighted by Crippen LogP contribution is 2.28. The first-order valence-corrected chi connectivity index (χ1v) is 8.98. The van der Waals surface area contributed by atoms with Crippen molar-refractivity contribution in [3.8, 4) is 17.2 Å². The molecule has 0 bridgehead atoms. The summed E-state index contributed by atoms with van der Waals surface area (Å²) >= 11 is 0. The number of hydrogen-bond acceptors (Lipinski definition) is 4. The van der Waals surface area contributed by atoms with E-state index in [0.717, 1.165) is 11.3 Å². The lowest BCUT2D eigenvalue weighted by molar-refractivity contribution is 0.354. The summed E-state index contributed by atoms with van der Waals surface area (Å²) in [6, 6.07) is 22.7. The van der Waals surface area contributed by atoms with Gasteiger partial charge in [-0.2, -0.15) is 0 Å². The number of fused-ring (bicyclic) bond motifs is 1. The Morgan fingerprint density at radius 1 is 0.857 bits per heavy atom. The van der Waals surface area contributed by atoms with Gasteiger partial charge in [-0.25, -0.2) is 4.98 Å². The average Bonchev–Trinajstić information content (AvgIpc) is 2.74. The molecular weight excluding hydrogens is 352 g/mol. The molecule has 5 heteroatoms. The molecule has 0 aliphatic heterocycles. The molecule has 0 N–H and O–H groups in total. The summed E-state index contributed by atoms with van der Waals surface area (Å²) in [5.41, 5.74) is 2.38. The molecule has 1 heterocycles. The molecule has 0 aliphatic rings. The van der Waals surface area contributed by atoms with E-state index < -0.39 is 0 Å². The maximum absolute atomic E-state index is 13.2. The highest BCUT2D eigenvalue weighted by molar-refractivity contribution is 5.77. The van der Waals surface area contributed by atoms with Gasteiger partial charge in [-0.05, 0) is 42.0 Å². The summed E-state index contributed by atoms with van der Waals surface area (Å²) in [5, 5.41) is 0.599. The number of nitrogens with zero attached hydrogens (tertiary/aromatic N) is 2. The van der Waals surface area contributed by atoms with Crippen LogP contribution in [0.3, 0.4) is 0 Å². The Morgan fingerprint density at radius 2 is 1.57 bits per heavy atom. The molecule has 28 heavy (non-hydrogen) atoms. The molecule has 0 fully saturated rings. The van der Waals surface area contributed by atoms with Gasteiger partial charge in [0.1, 0.15) is 5.82 Å². The normalized spacial score (nSPS) is 10.8. The smallest absolute Gasteiger partial charge is 0.265 e. The highest BCUT2D eigenvalue weighted by atomic mass is 16.5. The number of para-hydroxylation sites is 2. The fraction of sp³-hybridized carbons (Fsp3) is 0.130. The van der Waals surface area contributed by atoms with Crippen molar-refractivity contribution in [1.29, 1.82) is 0 Å². The van der Waals surface area contributed by atoms with Crippen molar-refractivity contribution in [2.75, 3.05) is 14.2 Å². The van der Waals surface area contributed by atoms with Crippen LogP contribution < -0.4 is 15.0 Å². The second kappa shape index (κ2) is 7.56. The predicted octanol–water partition coefficient (Wildman–Crippen LogP) is 3.99. The van der Waals surface area contributed by atoms with Crippen molar-refractivity contribution in [3.63, 3.8) is 0 Å². The van der Waals surface area contributed by atoms with Crippen LogP contribution in [0.1, 0.15) is 11.4 Å². The topological polar surface area (TPSA) is 53.3 Å². The lowest BCUT2D eigenvalue weighted by Gasteiger charge is -2.15. The van der Waals surface area contributed by atoms with E-state index in [0.29, 0.717) is 34.6 Å². The number of ether oxygens (including phenoxy) is 2. The number of aromatic nitrogens is 2. The molecule has 0 amide bonds. The second-order valence-corrected chi connectivity index (χ2v) is 6.39. The fourth-order valence-electron chi connectivity index (χ4n) is 3.31. The van der Waals surface area contributed by atoms with E-state index in [1.807, 2.05) is 72.8 Å². The molecule has 4 aromatic rings. The zero-order chi connectivity index (χ0) is 19.5. The van der Waals surface area contributed by atoms with Crippen LogP contribution in [-0.2, 0) is 6.42 Å². The number of methoxy groups -OCH3 is 2. The van der Waals surface area contributed by atoms with Crippen molar-refractivity contribution >= 4 is 10.9 Å².